The average molecular weight is 184 g/mol. The Morgan fingerprint density at radius 2 is 1.85 bits per heavy atom. The van der Waals surface area contributed by atoms with Crippen molar-refractivity contribution in [2.45, 2.75) is 26.7 Å². The van der Waals surface area contributed by atoms with Crippen LogP contribution in [-0.2, 0) is 12.8 Å². The normalized spacial score (nSPS) is 10.4. The lowest BCUT2D eigenvalue weighted by atomic mass is 10.0. The second-order valence-electron chi connectivity index (χ2n) is 2.90. The molecule has 1 aromatic carbocycles. The Labute approximate surface area is 76.6 Å². The molecule has 1 aromatic rings. The number of phenolic OH excluding ortho intramolecular Hbond substituents is 2. The maximum atomic E-state index is 13.3. The highest BCUT2D eigenvalue weighted by molar-refractivity contribution is 5.47. The van der Waals surface area contributed by atoms with E-state index in [0.717, 1.165) is 5.56 Å². The first-order valence-electron chi connectivity index (χ1n) is 4.33. The number of benzene rings is 1. The molecule has 2 N–H and O–H groups in total. The summed E-state index contributed by atoms with van der Waals surface area (Å²) in [5, 5.41) is 18.3. The molecule has 3 heteroatoms. The van der Waals surface area contributed by atoms with Crippen molar-refractivity contribution >= 4 is 0 Å². The molecule has 0 atom stereocenters. The molecule has 13 heavy (non-hydrogen) atoms. The van der Waals surface area contributed by atoms with E-state index in [9.17, 15) is 4.39 Å². The van der Waals surface area contributed by atoms with Crippen LogP contribution >= 0.6 is 0 Å². The predicted molar refractivity (Wildman–Crippen MR) is 48.5 cm³/mol. The van der Waals surface area contributed by atoms with Crippen molar-refractivity contribution in [3.63, 3.8) is 0 Å². The lowest BCUT2D eigenvalue weighted by Crippen LogP contribution is -1.96. The molecule has 1 rings (SSSR count). The molecule has 0 saturated heterocycles. The maximum Gasteiger partial charge on any atom is 0.194 e. The van der Waals surface area contributed by atoms with Crippen LogP contribution in [0.15, 0.2) is 6.07 Å². The van der Waals surface area contributed by atoms with Crippen LogP contribution in [0.2, 0.25) is 0 Å². The van der Waals surface area contributed by atoms with Gasteiger partial charge in [-0.15, -0.1) is 0 Å². The lowest BCUT2D eigenvalue weighted by Gasteiger charge is -2.09. The fourth-order valence-corrected chi connectivity index (χ4v) is 1.41. The summed E-state index contributed by atoms with van der Waals surface area (Å²) >= 11 is 0. The first kappa shape index (κ1) is 9.84. The summed E-state index contributed by atoms with van der Waals surface area (Å²) in [6.45, 7) is 3.69. The Morgan fingerprint density at radius 3 is 2.31 bits per heavy atom. The Kier molecular flexibility index (Phi) is 2.76. The van der Waals surface area contributed by atoms with Crippen LogP contribution in [0.25, 0.3) is 0 Å². The van der Waals surface area contributed by atoms with E-state index in [-0.39, 0.29) is 5.75 Å². The molecular formula is C10H13FO2. The van der Waals surface area contributed by atoms with Gasteiger partial charge in [0.15, 0.2) is 17.3 Å². The van der Waals surface area contributed by atoms with Crippen molar-refractivity contribution in [2.24, 2.45) is 0 Å². The average Bonchev–Trinajstić information content (AvgIpc) is 2.13. The van der Waals surface area contributed by atoms with Gasteiger partial charge in [-0.3, -0.25) is 0 Å². The summed E-state index contributed by atoms with van der Waals surface area (Å²) < 4.78 is 13.3. The summed E-state index contributed by atoms with van der Waals surface area (Å²) in [4.78, 5) is 0. The largest absolute Gasteiger partial charge is 0.504 e. The van der Waals surface area contributed by atoms with Crippen LogP contribution in [0.3, 0.4) is 0 Å². The van der Waals surface area contributed by atoms with Crippen LogP contribution in [0.4, 0.5) is 4.39 Å². The Balaban J connectivity index is 3.39. The highest BCUT2D eigenvalue weighted by Gasteiger charge is 2.14. The molecule has 0 aliphatic rings. The summed E-state index contributed by atoms with van der Waals surface area (Å²) in [5.41, 5.74) is 1.23. The second-order valence-corrected chi connectivity index (χ2v) is 2.90. The van der Waals surface area contributed by atoms with Gasteiger partial charge >= 0.3 is 0 Å². The molecule has 0 aromatic heterocycles. The Bertz CT molecular complexity index is 321. The number of aromatic hydroxyl groups is 2. The number of rotatable bonds is 2. The van der Waals surface area contributed by atoms with Gasteiger partial charge in [0.1, 0.15) is 0 Å². The topological polar surface area (TPSA) is 40.5 Å². The van der Waals surface area contributed by atoms with E-state index in [2.05, 4.69) is 0 Å². The first-order valence-corrected chi connectivity index (χ1v) is 4.33. The quantitative estimate of drug-likeness (QED) is 0.693. The van der Waals surface area contributed by atoms with E-state index in [1.54, 1.807) is 0 Å². The predicted octanol–water partition coefficient (Wildman–Crippen LogP) is 2.36. The minimum Gasteiger partial charge on any atom is -0.504 e. The standard InChI is InChI=1S/C10H13FO2/c1-3-6-5-8(12)10(13)9(11)7(6)4-2/h5,12-13H,3-4H2,1-2H3. The molecule has 0 spiro atoms. The van der Waals surface area contributed by atoms with E-state index < -0.39 is 11.6 Å². The molecule has 0 aliphatic heterocycles. The van der Waals surface area contributed by atoms with Gasteiger partial charge in [0.25, 0.3) is 0 Å². The van der Waals surface area contributed by atoms with Crippen molar-refractivity contribution in [1.29, 1.82) is 0 Å². The molecule has 0 fully saturated rings. The molecule has 0 radical (unpaired) electrons. The molecule has 0 saturated carbocycles. The molecular weight excluding hydrogens is 171 g/mol. The van der Waals surface area contributed by atoms with Crippen LogP contribution in [0.5, 0.6) is 11.5 Å². The summed E-state index contributed by atoms with van der Waals surface area (Å²) in [6, 6.07) is 1.41. The van der Waals surface area contributed by atoms with Gasteiger partial charge in [0, 0.05) is 0 Å². The Morgan fingerprint density at radius 1 is 1.23 bits per heavy atom. The smallest absolute Gasteiger partial charge is 0.194 e. The van der Waals surface area contributed by atoms with Gasteiger partial charge in [0.2, 0.25) is 0 Å². The van der Waals surface area contributed by atoms with Gasteiger partial charge < -0.3 is 10.2 Å². The van der Waals surface area contributed by atoms with Gasteiger partial charge in [-0.05, 0) is 30.0 Å². The zero-order valence-electron chi connectivity index (χ0n) is 7.76. The van der Waals surface area contributed by atoms with Crippen LogP contribution in [-0.4, -0.2) is 10.2 Å². The van der Waals surface area contributed by atoms with Gasteiger partial charge in [-0.2, -0.15) is 0 Å². The molecule has 2 nitrogen and oxygen atoms in total. The molecule has 0 heterocycles. The highest BCUT2D eigenvalue weighted by atomic mass is 19.1. The summed E-state index contributed by atoms with van der Waals surface area (Å²) in [5.74, 6) is -1.72. The van der Waals surface area contributed by atoms with E-state index in [0.29, 0.717) is 18.4 Å². The van der Waals surface area contributed by atoms with Crippen molar-refractivity contribution in [3.05, 3.63) is 23.0 Å². The third kappa shape index (κ3) is 1.59. The van der Waals surface area contributed by atoms with Crippen LogP contribution < -0.4 is 0 Å². The number of aryl methyl sites for hydroxylation is 1. The number of phenols is 2. The van der Waals surface area contributed by atoms with Crippen LogP contribution in [0.1, 0.15) is 25.0 Å². The summed E-state index contributed by atoms with van der Waals surface area (Å²) in [6.07, 6.45) is 1.16. The van der Waals surface area contributed by atoms with Crippen molar-refractivity contribution in [2.75, 3.05) is 0 Å². The molecule has 0 amide bonds. The third-order valence-corrected chi connectivity index (χ3v) is 2.15. The Hall–Kier alpha value is -1.25. The highest BCUT2D eigenvalue weighted by Crippen LogP contribution is 2.33. The lowest BCUT2D eigenvalue weighted by molar-refractivity contribution is 0.376. The second kappa shape index (κ2) is 3.64. The minimum atomic E-state index is -0.695. The summed E-state index contributed by atoms with van der Waals surface area (Å²) in [7, 11) is 0. The first-order chi connectivity index (χ1) is 6.11. The molecule has 0 aliphatic carbocycles. The number of hydrogen-bond donors (Lipinski definition) is 2. The minimum absolute atomic E-state index is 0.383. The zero-order chi connectivity index (χ0) is 10.0. The number of halogens is 1. The molecule has 72 valence electrons. The molecule has 0 bridgehead atoms. The van der Waals surface area contributed by atoms with Gasteiger partial charge in [0.05, 0.1) is 0 Å². The molecule has 0 unspecified atom stereocenters. The number of hydrogen-bond acceptors (Lipinski definition) is 2. The fraction of sp³-hybridized carbons (Fsp3) is 0.400. The van der Waals surface area contributed by atoms with E-state index in [1.165, 1.54) is 6.07 Å². The van der Waals surface area contributed by atoms with E-state index in [1.807, 2.05) is 13.8 Å². The van der Waals surface area contributed by atoms with Gasteiger partial charge in [-0.25, -0.2) is 4.39 Å². The van der Waals surface area contributed by atoms with Crippen molar-refractivity contribution < 1.29 is 14.6 Å². The van der Waals surface area contributed by atoms with E-state index >= 15 is 0 Å². The monoisotopic (exact) mass is 184 g/mol. The van der Waals surface area contributed by atoms with Crippen LogP contribution in [0, 0.1) is 5.82 Å². The van der Waals surface area contributed by atoms with Crippen molar-refractivity contribution in [1.82, 2.24) is 0 Å². The van der Waals surface area contributed by atoms with Crippen molar-refractivity contribution in [3.8, 4) is 11.5 Å². The van der Waals surface area contributed by atoms with E-state index in [4.69, 9.17) is 10.2 Å². The van der Waals surface area contributed by atoms with Gasteiger partial charge in [-0.1, -0.05) is 13.8 Å². The fourth-order valence-electron chi connectivity index (χ4n) is 1.41. The zero-order valence-corrected chi connectivity index (χ0v) is 7.76. The third-order valence-electron chi connectivity index (χ3n) is 2.15. The SMILES string of the molecule is CCc1cc(O)c(O)c(F)c1CC. The maximum absolute atomic E-state index is 13.3.